The van der Waals surface area contributed by atoms with Crippen LogP contribution in [0.4, 0.5) is 5.69 Å². The van der Waals surface area contributed by atoms with Crippen LogP contribution in [0.2, 0.25) is 0 Å². The molecule has 0 aliphatic rings. The van der Waals surface area contributed by atoms with Gasteiger partial charge in [0.25, 0.3) is 0 Å². The monoisotopic (exact) mass is 352 g/mol. The van der Waals surface area contributed by atoms with Crippen molar-refractivity contribution in [2.75, 3.05) is 5.73 Å². The van der Waals surface area contributed by atoms with E-state index in [1.807, 2.05) is 24.3 Å². The molecule has 0 spiro atoms. The lowest BCUT2D eigenvalue weighted by molar-refractivity contribution is 0.787. The molecule has 2 N–H and O–H groups in total. The van der Waals surface area contributed by atoms with Crippen LogP contribution in [-0.4, -0.2) is 4.57 Å². The van der Waals surface area contributed by atoms with Crippen LogP contribution in [0.1, 0.15) is 18.2 Å². The van der Waals surface area contributed by atoms with Crippen molar-refractivity contribution < 1.29 is 0 Å². The lowest BCUT2D eigenvalue weighted by Gasteiger charge is -2.03. The fourth-order valence-electron chi connectivity index (χ4n) is 2.61. The minimum absolute atomic E-state index is 0.668. The Morgan fingerprint density at radius 1 is 1.14 bits per heavy atom. The predicted octanol–water partition coefficient (Wildman–Crippen LogP) is 4.60. The molecule has 3 heteroatoms. The standard InChI is InChI=1S/C19H17BrN2/c1-2-22-17(13-15-12-16(20)10-11-19(15)22)8-5-7-14-6-3-4-9-18(14)21/h3-4,6,9-13H,2,7,21H2,1H3. The Morgan fingerprint density at radius 2 is 1.95 bits per heavy atom. The van der Waals surface area contributed by atoms with Crippen LogP contribution in [0.15, 0.2) is 53.0 Å². The third kappa shape index (κ3) is 2.88. The second kappa shape index (κ2) is 6.29. The Kier molecular flexibility index (Phi) is 4.22. The molecule has 0 radical (unpaired) electrons. The van der Waals surface area contributed by atoms with Gasteiger partial charge in [0.2, 0.25) is 0 Å². The smallest absolute Gasteiger partial charge is 0.0930 e. The zero-order valence-electron chi connectivity index (χ0n) is 12.4. The number of anilines is 1. The molecule has 3 rings (SSSR count). The van der Waals surface area contributed by atoms with E-state index >= 15 is 0 Å². The van der Waals surface area contributed by atoms with E-state index in [4.69, 9.17) is 5.73 Å². The van der Waals surface area contributed by atoms with Gasteiger partial charge in [-0.25, -0.2) is 0 Å². The largest absolute Gasteiger partial charge is 0.398 e. The summed E-state index contributed by atoms with van der Waals surface area (Å²) in [6.07, 6.45) is 0.668. The summed E-state index contributed by atoms with van der Waals surface area (Å²) in [5.74, 6) is 6.54. The van der Waals surface area contributed by atoms with Gasteiger partial charge in [-0.2, -0.15) is 0 Å². The highest BCUT2D eigenvalue weighted by Gasteiger charge is 2.05. The first-order valence-electron chi connectivity index (χ1n) is 7.30. The van der Waals surface area contributed by atoms with Crippen molar-refractivity contribution in [1.82, 2.24) is 4.57 Å². The van der Waals surface area contributed by atoms with Crippen LogP contribution >= 0.6 is 15.9 Å². The van der Waals surface area contributed by atoms with E-state index in [1.54, 1.807) is 0 Å². The molecule has 2 aromatic carbocycles. The molecule has 0 amide bonds. The zero-order chi connectivity index (χ0) is 15.5. The molecule has 0 unspecified atom stereocenters. The molecule has 0 fully saturated rings. The molecule has 22 heavy (non-hydrogen) atoms. The summed E-state index contributed by atoms with van der Waals surface area (Å²) in [5.41, 5.74) is 10.1. The van der Waals surface area contributed by atoms with Gasteiger partial charge in [-0.3, -0.25) is 0 Å². The molecular weight excluding hydrogens is 336 g/mol. The molecule has 0 atom stereocenters. The van der Waals surface area contributed by atoms with E-state index in [-0.39, 0.29) is 0 Å². The maximum atomic E-state index is 5.96. The lowest BCUT2D eigenvalue weighted by Crippen LogP contribution is -1.97. The summed E-state index contributed by atoms with van der Waals surface area (Å²) in [4.78, 5) is 0. The normalized spacial score (nSPS) is 10.5. The molecule has 0 aliphatic heterocycles. The van der Waals surface area contributed by atoms with Crippen LogP contribution < -0.4 is 5.73 Å². The number of nitrogen functional groups attached to an aromatic ring is 1. The van der Waals surface area contributed by atoms with Crippen molar-refractivity contribution in [3.05, 3.63) is 64.3 Å². The van der Waals surface area contributed by atoms with Crippen LogP contribution in [0.3, 0.4) is 0 Å². The second-order valence-corrected chi connectivity index (χ2v) is 6.07. The Morgan fingerprint density at radius 3 is 2.73 bits per heavy atom. The van der Waals surface area contributed by atoms with E-state index in [0.29, 0.717) is 6.42 Å². The molecular formula is C19H17BrN2. The number of benzene rings is 2. The van der Waals surface area contributed by atoms with E-state index in [1.165, 1.54) is 10.9 Å². The first kappa shape index (κ1) is 14.7. The molecule has 0 saturated heterocycles. The molecule has 0 bridgehead atoms. The molecule has 0 aliphatic carbocycles. The number of rotatable bonds is 2. The number of hydrogen-bond acceptors (Lipinski definition) is 1. The molecule has 110 valence electrons. The van der Waals surface area contributed by atoms with Gasteiger partial charge >= 0.3 is 0 Å². The minimum Gasteiger partial charge on any atom is -0.398 e. The van der Waals surface area contributed by atoms with Gasteiger partial charge < -0.3 is 10.3 Å². The fraction of sp³-hybridized carbons (Fsp3) is 0.158. The van der Waals surface area contributed by atoms with Crippen molar-refractivity contribution in [3.8, 4) is 11.8 Å². The van der Waals surface area contributed by atoms with Crippen molar-refractivity contribution in [2.45, 2.75) is 19.9 Å². The first-order valence-corrected chi connectivity index (χ1v) is 8.09. The molecule has 1 aromatic heterocycles. The highest BCUT2D eigenvalue weighted by Crippen LogP contribution is 2.23. The summed E-state index contributed by atoms with van der Waals surface area (Å²) in [6, 6.07) is 16.3. The maximum Gasteiger partial charge on any atom is 0.0930 e. The Bertz CT molecular complexity index is 881. The van der Waals surface area contributed by atoms with Crippen molar-refractivity contribution >= 4 is 32.5 Å². The average Bonchev–Trinajstić information content (AvgIpc) is 2.85. The Hall–Kier alpha value is -2.18. The quantitative estimate of drug-likeness (QED) is 0.530. The number of hydrogen-bond donors (Lipinski definition) is 1. The van der Waals surface area contributed by atoms with Gasteiger partial charge in [0.15, 0.2) is 0 Å². The van der Waals surface area contributed by atoms with Crippen LogP contribution in [0, 0.1) is 11.8 Å². The van der Waals surface area contributed by atoms with Crippen molar-refractivity contribution in [1.29, 1.82) is 0 Å². The summed E-state index contributed by atoms with van der Waals surface area (Å²) in [6.45, 7) is 3.05. The summed E-state index contributed by atoms with van der Waals surface area (Å²) in [7, 11) is 0. The molecule has 0 saturated carbocycles. The molecule has 2 nitrogen and oxygen atoms in total. The van der Waals surface area contributed by atoms with E-state index in [0.717, 1.165) is 28.0 Å². The Balaban J connectivity index is 1.94. The van der Waals surface area contributed by atoms with Gasteiger partial charge in [-0.05, 0) is 48.7 Å². The van der Waals surface area contributed by atoms with Crippen molar-refractivity contribution in [2.24, 2.45) is 0 Å². The Labute approximate surface area is 139 Å². The summed E-state index contributed by atoms with van der Waals surface area (Å²) in [5, 5.41) is 1.21. The first-order chi connectivity index (χ1) is 10.7. The second-order valence-electron chi connectivity index (χ2n) is 5.15. The van der Waals surface area contributed by atoms with E-state index < -0.39 is 0 Å². The van der Waals surface area contributed by atoms with Gasteiger partial charge in [0.05, 0.1) is 5.69 Å². The summed E-state index contributed by atoms with van der Waals surface area (Å²) < 4.78 is 3.33. The number of aromatic nitrogens is 1. The average molecular weight is 353 g/mol. The van der Waals surface area contributed by atoms with Crippen LogP contribution in [0.5, 0.6) is 0 Å². The number of aryl methyl sites for hydroxylation is 1. The van der Waals surface area contributed by atoms with E-state index in [9.17, 15) is 0 Å². The number of para-hydroxylation sites is 1. The number of nitrogens with two attached hydrogens (primary N) is 1. The highest BCUT2D eigenvalue weighted by atomic mass is 79.9. The topological polar surface area (TPSA) is 30.9 Å². The van der Waals surface area contributed by atoms with Gasteiger partial charge in [-0.15, -0.1) is 0 Å². The summed E-state index contributed by atoms with van der Waals surface area (Å²) >= 11 is 3.52. The van der Waals surface area contributed by atoms with Gasteiger partial charge in [0, 0.05) is 34.0 Å². The minimum atomic E-state index is 0.668. The van der Waals surface area contributed by atoms with Crippen LogP contribution in [0.25, 0.3) is 10.9 Å². The fourth-order valence-corrected chi connectivity index (χ4v) is 2.99. The maximum absolute atomic E-state index is 5.96. The third-order valence-corrected chi connectivity index (χ3v) is 4.22. The number of nitrogens with zero attached hydrogens (tertiary/aromatic N) is 1. The van der Waals surface area contributed by atoms with Crippen LogP contribution in [-0.2, 0) is 13.0 Å². The molecule has 1 heterocycles. The highest BCUT2D eigenvalue weighted by molar-refractivity contribution is 9.10. The van der Waals surface area contributed by atoms with Crippen molar-refractivity contribution in [3.63, 3.8) is 0 Å². The van der Waals surface area contributed by atoms with E-state index in [2.05, 4.69) is 63.5 Å². The SMILES string of the molecule is CCn1c(C#CCc2ccccc2N)cc2cc(Br)ccc21. The number of fused-ring (bicyclic) bond motifs is 1. The predicted molar refractivity (Wildman–Crippen MR) is 96.7 cm³/mol. The lowest BCUT2D eigenvalue weighted by atomic mass is 10.1. The molecule has 3 aromatic rings. The zero-order valence-corrected chi connectivity index (χ0v) is 14.0. The number of halogens is 1. The van der Waals surface area contributed by atoms with Gasteiger partial charge in [0.1, 0.15) is 0 Å². The third-order valence-electron chi connectivity index (χ3n) is 3.73. The van der Waals surface area contributed by atoms with Gasteiger partial charge in [-0.1, -0.05) is 40.0 Å².